The number of nitrogens with one attached hydrogen (secondary N) is 1. The molecular weight excluding hydrogens is 309 g/mol. The number of hydrogen-bond acceptors (Lipinski definition) is 2. The van der Waals surface area contributed by atoms with E-state index in [-0.39, 0.29) is 12.8 Å². The smallest absolute Gasteiger partial charge is 0.307 e. The fraction of sp³-hybridized carbons (Fsp3) is 0.263. The Kier molecular flexibility index (Phi) is 5.68. The molecule has 0 aliphatic rings. The summed E-state index contributed by atoms with van der Waals surface area (Å²) < 4.78 is 12.9. The molecule has 0 aliphatic heterocycles. The van der Waals surface area contributed by atoms with E-state index in [0.717, 1.165) is 16.7 Å². The summed E-state index contributed by atoms with van der Waals surface area (Å²) in [6.07, 6.45) is 0.147. The lowest BCUT2D eigenvalue weighted by molar-refractivity contribution is -0.143. The predicted molar refractivity (Wildman–Crippen MR) is 90.4 cm³/mol. The Bertz CT molecular complexity index is 721. The molecule has 1 amide bonds. The lowest BCUT2D eigenvalue weighted by Gasteiger charge is -2.13. The summed E-state index contributed by atoms with van der Waals surface area (Å²) in [6, 6.07) is 11.2. The van der Waals surface area contributed by atoms with E-state index in [0.29, 0.717) is 5.69 Å². The van der Waals surface area contributed by atoms with Gasteiger partial charge in [-0.3, -0.25) is 9.59 Å². The Morgan fingerprint density at radius 3 is 2.21 bits per heavy atom. The van der Waals surface area contributed by atoms with Crippen LogP contribution >= 0.6 is 0 Å². The van der Waals surface area contributed by atoms with Gasteiger partial charge < -0.3 is 10.4 Å². The molecule has 0 fully saturated rings. The van der Waals surface area contributed by atoms with Gasteiger partial charge in [0, 0.05) is 12.1 Å². The van der Waals surface area contributed by atoms with Gasteiger partial charge >= 0.3 is 5.97 Å². The first-order chi connectivity index (χ1) is 11.3. The molecule has 0 unspecified atom stereocenters. The van der Waals surface area contributed by atoms with Crippen molar-refractivity contribution in [2.45, 2.75) is 26.7 Å². The number of hydrogen-bond donors (Lipinski definition) is 2. The number of amides is 1. The summed E-state index contributed by atoms with van der Waals surface area (Å²) in [5, 5.41) is 12.0. The molecular formula is C19H20FNO3. The van der Waals surface area contributed by atoms with Crippen molar-refractivity contribution in [1.29, 1.82) is 0 Å². The maximum Gasteiger partial charge on any atom is 0.307 e. The van der Waals surface area contributed by atoms with Crippen molar-refractivity contribution in [2.75, 3.05) is 5.32 Å². The molecule has 2 N–H and O–H groups in total. The minimum Gasteiger partial charge on any atom is -0.481 e. The molecule has 2 aromatic rings. The first kappa shape index (κ1) is 17.7. The van der Waals surface area contributed by atoms with E-state index in [9.17, 15) is 19.1 Å². The van der Waals surface area contributed by atoms with Crippen molar-refractivity contribution in [2.24, 2.45) is 5.92 Å². The molecule has 0 bridgehead atoms. The van der Waals surface area contributed by atoms with Gasteiger partial charge in [-0.15, -0.1) is 0 Å². The zero-order chi connectivity index (χ0) is 17.7. The zero-order valence-electron chi connectivity index (χ0n) is 13.7. The van der Waals surface area contributed by atoms with Crippen LogP contribution in [0.2, 0.25) is 0 Å². The van der Waals surface area contributed by atoms with Crippen LogP contribution in [-0.4, -0.2) is 17.0 Å². The standard InChI is InChI=1S/C19H20FNO3/c1-12-7-13(2)9-14(8-12)10-15(19(23)24)11-18(22)21-17-5-3-16(20)4-6-17/h3-9,15H,10-11H2,1-2H3,(H,21,22)(H,23,24)/t15-/m1/s1. The molecule has 0 spiro atoms. The van der Waals surface area contributed by atoms with Crippen molar-refractivity contribution >= 4 is 17.6 Å². The second-order valence-corrected chi connectivity index (χ2v) is 5.99. The monoisotopic (exact) mass is 329 g/mol. The lowest BCUT2D eigenvalue weighted by atomic mass is 9.94. The van der Waals surface area contributed by atoms with Crippen LogP contribution in [0, 0.1) is 25.6 Å². The molecule has 1 atom stereocenters. The third-order valence-electron chi connectivity index (χ3n) is 3.67. The van der Waals surface area contributed by atoms with Crippen LogP contribution in [0.5, 0.6) is 0 Å². The lowest BCUT2D eigenvalue weighted by Crippen LogP contribution is -2.24. The van der Waals surface area contributed by atoms with Crippen molar-refractivity contribution in [3.8, 4) is 0 Å². The SMILES string of the molecule is Cc1cc(C)cc(C[C@H](CC(=O)Nc2ccc(F)cc2)C(=O)O)c1. The minimum absolute atomic E-state index is 0.139. The topological polar surface area (TPSA) is 66.4 Å². The number of anilines is 1. The summed E-state index contributed by atoms with van der Waals surface area (Å²) in [5.74, 6) is -2.63. The van der Waals surface area contributed by atoms with Crippen LogP contribution in [0.15, 0.2) is 42.5 Å². The number of aryl methyl sites for hydroxylation is 2. The second kappa shape index (κ2) is 7.73. The number of carboxylic acid groups (broad SMARTS) is 1. The van der Waals surface area contributed by atoms with Crippen LogP contribution in [0.4, 0.5) is 10.1 Å². The van der Waals surface area contributed by atoms with Crippen molar-refractivity contribution < 1.29 is 19.1 Å². The maximum absolute atomic E-state index is 12.9. The fourth-order valence-corrected chi connectivity index (χ4v) is 2.69. The van der Waals surface area contributed by atoms with Crippen molar-refractivity contribution in [3.05, 3.63) is 65.0 Å². The van der Waals surface area contributed by atoms with Crippen LogP contribution < -0.4 is 5.32 Å². The van der Waals surface area contributed by atoms with E-state index in [2.05, 4.69) is 5.32 Å². The van der Waals surface area contributed by atoms with E-state index in [1.807, 2.05) is 32.0 Å². The third-order valence-corrected chi connectivity index (χ3v) is 3.67. The summed E-state index contributed by atoms with van der Waals surface area (Å²) >= 11 is 0. The Balaban J connectivity index is 2.03. The van der Waals surface area contributed by atoms with Gasteiger partial charge in [0.05, 0.1) is 5.92 Å². The molecule has 2 aromatic carbocycles. The molecule has 0 radical (unpaired) electrons. The van der Waals surface area contributed by atoms with E-state index in [1.54, 1.807) is 0 Å². The highest BCUT2D eigenvalue weighted by atomic mass is 19.1. The molecule has 0 saturated heterocycles. The van der Waals surface area contributed by atoms with Gasteiger partial charge in [0.2, 0.25) is 5.91 Å². The molecule has 0 heterocycles. The Labute approximate surface area is 140 Å². The number of carbonyl (C=O) groups is 2. The molecule has 2 rings (SSSR count). The van der Waals surface area contributed by atoms with Crippen LogP contribution in [0.3, 0.4) is 0 Å². The van der Waals surface area contributed by atoms with Gasteiger partial charge in [-0.05, 0) is 50.1 Å². The number of carbonyl (C=O) groups excluding carboxylic acids is 1. The molecule has 0 saturated carbocycles. The van der Waals surface area contributed by atoms with E-state index in [1.165, 1.54) is 24.3 Å². The number of aliphatic carboxylic acids is 1. The van der Waals surface area contributed by atoms with E-state index in [4.69, 9.17) is 0 Å². The molecule has 0 aliphatic carbocycles. The average Bonchev–Trinajstić information content (AvgIpc) is 2.48. The first-order valence-electron chi connectivity index (χ1n) is 7.69. The van der Waals surface area contributed by atoms with Crippen LogP contribution in [0.25, 0.3) is 0 Å². The normalized spacial score (nSPS) is 11.8. The molecule has 24 heavy (non-hydrogen) atoms. The maximum atomic E-state index is 12.9. The van der Waals surface area contributed by atoms with Gasteiger partial charge in [0.1, 0.15) is 5.82 Å². The highest BCUT2D eigenvalue weighted by molar-refractivity contribution is 5.93. The van der Waals surface area contributed by atoms with Gasteiger partial charge in [0.25, 0.3) is 0 Å². The minimum atomic E-state index is -1.01. The Hall–Kier alpha value is -2.69. The molecule has 5 heteroatoms. The summed E-state index contributed by atoms with van der Waals surface area (Å²) in [5.41, 5.74) is 3.46. The molecule has 0 aromatic heterocycles. The zero-order valence-corrected chi connectivity index (χ0v) is 13.7. The number of carboxylic acids is 1. The summed E-state index contributed by atoms with van der Waals surface area (Å²) in [7, 11) is 0. The molecule has 4 nitrogen and oxygen atoms in total. The van der Waals surface area contributed by atoms with Crippen molar-refractivity contribution in [1.82, 2.24) is 0 Å². The average molecular weight is 329 g/mol. The van der Waals surface area contributed by atoms with Crippen LogP contribution in [-0.2, 0) is 16.0 Å². The van der Waals surface area contributed by atoms with Crippen molar-refractivity contribution in [3.63, 3.8) is 0 Å². The summed E-state index contributed by atoms with van der Waals surface area (Å²) in [6.45, 7) is 3.90. The third kappa shape index (κ3) is 5.19. The van der Waals surface area contributed by atoms with E-state index >= 15 is 0 Å². The van der Waals surface area contributed by atoms with E-state index < -0.39 is 23.6 Å². The Morgan fingerprint density at radius 1 is 1.08 bits per heavy atom. The largest absolute Gasteiger partial charge is 0.481 e. The second-order valence-electron chi connectivity index (χ2n) is 5.99. The fourth-order valence-electron chi connectivity index (χ4n) is 2.69. The van der Waals surface area contributed by atoms with Gasteiger partial charge in [-0.1, -0.05) is 29.3 Å². The van der Waals surface area contributed by atoms with Gasteiger partial charge in [-0.2, -0.15) is 0 Å². The van der Waals surface area contributed by atoms with Gasteiger partial charge in [0.15, 0.2) is 0 Å². The predicted octanol–water partition coefficient (Wildman–Crippen LogP) is 3.71. The highest BCUT2D eigenvalue weighted by Crippen LogP contribution is 2.17. The first-order valence-corrected chi connectivity index (χ1v) is 7.69. The Morgan fingerprint density at radius 2 is 1.67 bits per heavy atom. The summed E-state index contributed by atoms with van der Waals surface area (Å²) in [4.78, 5) is 23.5. The van der Waals surface area contributed by atoms with Crippen LogP contribution in [0.1, 0.15) is 23.1 Å². The number of rotatable bonds is 6. The van der Waals surface area contributed by atoms with Gasteiger partial charge in [-0.25, -0.2) is 4.39 Å². The molecule has 126 valence electrons. The number of halogens is 1. The quantitative estimate of drug-likeness (QED) is 0.849. The number of benzene rings is 2. The highest BCUT2D eigenvalue weighted by Gasteiger charge is 2.22.